The molecule has 1 N–H and O–H groups in total. The van der Waals surface area contributed by atoms with Crippen LogP contribution in [0.3, 0.4) is 0 Å². The standard InChI is InChI=1S/C21H28F2N4O.C3H8/c1-7-17(24-3)19(26(4)5)10-14(2)27(6)18-9-8-15(16-12-25-13-16)11-20(18)28-21(22)23;1-3-2/h7-11,16,21,25H,2-3,12-13H2,1,4-6H3;3H2,1-2H3/b17-7+,19-10+;. The number of hydrogen-bond acceptors (Lipinski definition) is 5. The highest BCUT2D eigenvalue weighted by molar-refractivity contribution is 5.64. The molecule has 1 aromatic carbocycles. The lowest BCUT2D eigenvalue weighted by molar-refractivity contribution is -0.0495. The molecule has 0 aromatic heterocycles. The van der Waals surface area contributed by atoms with E-state index in [1.807, 2.05) is 44.1 Å². The maximum absolute atomic E-state index is 13.0. The zero-order chi connectivity index (χ0) is 23.6. The van der Waals surface area contributed by atoms with Crippen LogP contribution in [0.1, 0.15) is 38.7 Å². The summed E-state index contributed by atoms with van der Waals surface area (Å²) in [5, 5.41) is 3.18. The first-order valence-corrected chi connectivity index (χ1v) is 10.4. The van der Waals surface area contributed by atoms with Gasteiger partial charge in [0.15, 0.2) is 0 Å². The zero-order valence-corrected chi connectivity index (χ0v) is 19.6. The van der Waals surface area contributed by atoms with Gasteiger partial charge in [-0.2, -0.15) is 8.78 Å². The Kier molecular flexibility index (Phi) is 11.0. The number of allylic oxidation sites excluding steroid dienone is 2. The summed E-state index contributed by atoms with van der Waals surface area (Å²) < 4.78 is 30.8. The first-order chi connectivity index (χ1) is 14.7. The van der Waals surface area contributed by atoms with Gasteiger partial charge in [0.05, 0.1) is 17.1 Å². The number of halogens is 2. The van der Waals surface area contributed by atoms with Crippen LogP contribution in [-0.4, -0.2) is 52.5 Å². The molecule has 1 aliphatic heterocycles. The van der Waals surface area contributed by atoms with Gasteiger partial charge >= 0.3 is 6.61 Å². The molecule has 0 atom stereocenters. The van der Waals surface area contributed by atoms with Crippen molar-refractivity contribution in [1.29, 1.82) is 0 Å². The molecular weight excluding hydrogens is 398 g/mol. The van der Waals surface area contributed by atoms with Crippen LogP contribution < -0.4 is 15.0 Å². The van der Waals surface area contributed by atoms with Crippen LogP contribution in [0.15, 0.2) is 59.0 Å². The minimum absolute atomic E-state index is 0.135. The van der Waals surface area contributed by atoms with Crippen molar-refractivity contribution in [3.63, 3.8) is 0 Å². The van der Waals surface area contributed by atoms with Crippen molar-refractivity contribution in [1.82, 2.24) is 10.2 Å². The van der Waals surface area contributed by atoms with E-state index in [4.69, 9.17) is 4.74 Å². The molecule has 0 radical (unpaired) electrons. The summed E-state index contributed by atoms with van der Waals surface area (Å²) in [5.74, 6) is 0.453. The fourth-order valence-corrected chi connectivity index (χ4v) is 2.94. The number of alkyl halides is 2. The normalized spacial score (nSPS) is 14.4. The number of anilines is 1. The molecule has 0 saturated carbocycles. The van der Waals surface area contributed by atoms with Gasteiger partial charge < -0.3 is 19.9 Å². The highest BCUT2D eigenvalue weighted by Gasteiger charge is 2.22. The first-order valence-electron chi connectivity index (χ1n) is 10.4. The third-order valence-electron chi connectivity index (χ3n) is 4.74. The largest absolute Gasteiger partial charge is 0.433 e. The minimum Gasteiger partial charge on any atom is -0.433 e. The quantitative estimate of drug-likeness (QED) is 0.418. The Bertz CT molecular complexity index is 799. The topological polar surface area (TPSA) is 40.1 Å². The molecule has 0 spiro atoms. The Morgan fingerprint density at radius 2 is 1.90 bits per heavy atom. The van der Waals surface area contributed by atoms with E-state index < -0.39 is 6.61 Å². The molecule has 1 aromatic rings. The first kappa shape index (κ1) is 26.4. The second kappa shape index (κ2) is 12.9. The van der Waals surface area contributed by atoms with Gasteiger partial charge in [-0.25, -0.2) is 0 Å². The SMILES string of the molecule is C=NC(=C/C)/C(=C\C(=C)N(C)c1ccc(C2CNC2)cc1OC(F)F)N(C)C.CCC. The zero-order valence-electron chi connectivity index (χ0n) is 19.6. The van der Waals surface area contributed by atoms with Crippen molar-refractivity contribution in [2.24, 2.45) is 4.99 Å². The van der Waals surface area contributed by atoms with Crippen LogP contribution in [0.25, 0.3) is 0 Å². The lowest BCUT2D eigenvalue weighted by Crippen LogP contribution is -2.39. The number of rotatable bonds is 9. The summed E-state index contributed by atoms with van der Waals surface area (Å²) in [6, 6.07) is 5.43. The van der Waals surface area contributed by atoms with E-state index >= 15 is 0 Å². The average molecular weight is 435 g/mol. The van der Waals surface area contributed by atoms with Crippen LogP contribution in [0.5, 0.6) is 5.75 Å². The van der Waals surface area contributed by atoms with Crippen LogP contribution in [0, 0.1) is 0 Å². The molecule has 1 fully saturated rings. The molecule has 1 heterocycles. The summed E-state index contributed by atoms with van der Waals surface area (Å²) in [6.45, 7) is 12.6. The molecule has 31 heavy (non-hydrogen) atoms. The van der Waals surface area contributed by atoms with Crippen LogP contribution in [0.2, 0.25) is 0 Å². The third kappa shape index (κ3) is 7.51. The predicted molar refractivity (Wildman–Crippen MR) is 127 cm³/mol. The van der Waals surface area contributed by atoms with E-state index in [1.165, 1.54) is 6.42 Å². The van der Waals surface area contributed by atoms with E-state index in [2.05, 4.69) is 37.5 Å². The fourth-order valence-electron chi connectivity index (χ4n) is 2.94. The molecule has 0 bridgehead atoms. The summed E-state index contributed by atoms with van der Waals surface area (Å²) in [6.07, 6.45) is 4.93. The van der Waals surface area contributed by atoms with Crippen molar-refractivity contribution in [2.45, 2.75) is 39.7 Å². The van der Waals surface area contributed by atoms with Gasteiger partial charge in [-0.1, -0.05) is 39.0 Å². The molecule has 0 unspecified atom stereocenters. The van der Waals surface area contributed by atoms with Gasteiger partial charge in [0, 0.05) is 45.8 Å². The maximum atomic E-state index is 13.0. The van der Waals surface area contributed by atoms with Crippen molar-refractivity contribution in [3.8, 4) is 5.75 Å². The number of nitrogens with zero attached hydrogens (tertiary/aromatic N) is 3. The van der Waals surface area contributed by atoms with Crippen LogP contribution in [0.4, 0.5) is 14.5 Å². The molecule has 172 valence electrons. The number of hydrogen-bond donors (Lipinski definition) is 1. The number of ether oxygens (including phenoxy) is 1. The smallest absolute Gasteiger partial charge is 0.387 e. The third-order valence-corrected chi connectivity index (χ3v) is 4.74. The molecule has 0 amide bonds. The lowest BCUT2D eigenvalue weighted by Gasteiger charge is -2.29. The Morgan fingerprint density at radius 1 is 1.29 bits per heavy atom. The van der Waals surface area contributed by atoms with E-state index in [1.54, 1.807) is 24.1 Å². The van der Waals surface area contributed by atoms with Gasteiger partial charge in [0.1, 0.15) is 5.75 Å². The van der Waals surface area contributed by atoms with Crippen molar-refractivity contribution < 1.29 is 13.5 Å². The van der Waals surface area contributed by atoms with Crippen molar-refractivity contribution in [2.75, 3.05) is 39.1 Å². The minimum atomic E-state index is -2.90. The summed E-state index contributed by atoms with van der Waals surface area (Å²) in [7, 11) is 5.54. The van der Waals surface area contributed by atoms with Crippen LogP contribution >= 0.6 is 0 Å². The molecule has 0 aliphatic carbocycles. The maximum Gasteiger partial charge on any atom is 0.387 e. The van der Waals surface area contributed by atoms with E-state index in [-0.39, 0.29) is 5.75 Å². The average Bonchev–Trinajstić information content (AvgIpc) is 2.66. The Morgan fingerprint density at radius 3 is 2.32 bits per heavy atom. The van der Waals surface area contributed by atoms with Gasteiger partial charge in [-0.15, -0.1) is 0 Å². The molecule has 1 saturated heterocycles. The number of benzene rings is 1. The summed E-state index contributed by atoms with van der Waals surface area (Å²) >= 11 is 0. The van der Waals surface area contributed by atoms with Crippen molar-refractivity contribution >= 4 is 12.4 Å². The van der Waals surface area contributed by atoms with Gasteiger partial charge in [-0.05, 0) is 37.4 Å². The summed E-state index contributed by atoms with van der Waals surface area (Å²) in [4.78, 5) is 7.65. The molecule has 5 nitrogen and oxygen atoms in total. The highest BCUT2D eigenvalue weighted by atomic mass is 19.3. The van der Waals surface area contributed by atoms with Crippen LogP contribution in [-0.2, 0) is 0 Å². The van der Waals surface area contributed by atoms with Gasteiger partial charge in [0.2, 0.25) is 0 Å². The lowest BCUT2D eigenvalue weighted by atomic mass is 9.93. The second-order valence-electron chi connectivity index (χ2n) is 7.47. The van der Waals surface area contributed by atoms with Crippen molar-refractivity contribution in [3.05, 3.63) is 59.6 Å². The monoisotopic (exact) mass is 434 g/mol. The Hall–Kier alpha value is -2.67. The second-order valence-corrected chi connectivity index (χ2v) is 7.47. The molecular formula is C24H36F2N4O. The Balaban J connectivity index is 0.00000151. The molecule has 7 heteroatoms. The van der Waals surface area contributed by atoms with E-state index in [0.717, 1.165) is 24.4 Å². The number of aliphatic imine (C=N–C) groups is 1. The Labute approximate surface area is 185 Å². The van der Waals surface area contributed by atoms with E-state index in [0.29, 0.717) is 23.0 Å². The van der Waals surface area contributed by atoms with Gasteiger partial charge in [-0.3, -0.25) is 4.99 Å². The number of likely N-dealkylation sites (N-methyl/N-ethyl adjacent to an activating group) is 2. The number of nitrogens with one attached hydrogen (secondary N) is 1. The van der Waals surface area contributed by atoms with E-state index in [9.17, 15) is 8.78 Å². The molecule has 2 rings (SSSR count). The van der Waals surface area contributed by atoms with Gasteiger partial charge in [0.25, 0.3) is 0 Å². The molecule has 1 aliphatic rings. The fraction of sp³-hybridized carbons (Fsp3) is 0.458. The predicted octanol–water partition coefficient (Wildman–Crippen LogP) is 5.39. The summed E-state index contributed by atoms with van der Waals surface area (Å²) in [5.41, 5.74) is 3.61. The highest BCUT2D eigenvalue weighted by Crippen LogP contribution is 2.35.